The minimum Gasteiger partial charge on any atom is -0.488 e. The molecular weight excluding hydrogens is 503 g/mol. The first-order valence-corrected chi connectivity index (χ1v) is 10.3. The number of amides is 1. The molecule has 0 saturated heterocycles. The average molecular weight is 538 g/mol. The maximum absolute atomic E-state index is 12.4. The number of aliphatic imine (C=N–C) groups is 1. The third-order valence-electron chi connectivity index (χ3n) is 4.38. The molecule has 31 heavy (non-hydrogen) atoms. The van der Waals surface area contributed by atoms with Crippen LogP contribution in [-0.4, -0.2) is 43.0 Å². The summed E-state index contributed by atoms with van der Waals surface area (Å²) < 4.78 is 6.04. The van der Waals surface area contributed by atoms with Crippen LogP contribution in [0.5, 0.6) is 5.75 Å². The standard InChI is InChI=1S/C24H34N4O2.HI/c1-24(2,3)30-21-14-10-9-13-20(21)17-27-23(25-4)26-16-15-22(29)28(5)18-19-11-7-6-8-12-19;/h6-14H,15-18H2,1-5H3,(H2,25,26,27);1H. The second-order valence-electron chi connectivity index (χ2n) is 8.16. The van der Waals surface area contributed by atoms with E-state index in [2.05, 4.69) is 15.6 Å². The van der Waals surface area contributed by atoms with Crippen molar-refractivity contribution in [2.24, 2.45) is 4.99 Å². The van der Waals surface area contributed by atoms with E-state index in [1.54, 1.807) is 11.9 Å². The normalized spacial score (nSPS) is 11.3. The van der Waals surface area contributed by atoms with Crippen molar-refractivity contribution in [3.63, 3.8) is 0 Å². The predicted molar refractivity (Wildman–Crippen MR) is 138 cm³/mol. The summed E-state index contributed by atoms with van der Waals surface area (Å²) in [5.41, 5.74) is 1.91. The molecule has 0 radical (unpaired) electrons. The number of nitrogens with zero attached hydrogens (tertiary/aromatic N) is 2. The Bertz CT molecular complexity index is 835. The highest BCUT2D eigenvalue weighted by molar-refractivity contribution is 14.0. The number of benzene rings is 2. The second-order valence-corrected chi connectivity index (χ2v) is 8.16. The van der Waals surface area contributed by atoms with Gasteiger partial charge in [-0.1, -0.05) is 48.5 Å². The molecule has 0 atom stereocenters. The highest BCUT2D eigenvalue weighted by Gasteiger charge is 2.14. The zero-order valence-electron chi connectivity index (χ0n) is 19.1. The van der Waals surface area contributed by atoms with E-state index in [-0.39, 0.29) is 35.5 Å². The molecule has 0 heterocycles. The Morgan fingerprint density at radius 3 is 2.32 bits per heavy atom. The van der Waals surface area contributed by atoms with Gasteiger partial charge in [0.2, 0.25) is 5.91 Å². The molecule has 170 valence electrons. The van der Waals surface area contributed by atoms with Crippen molar-refractivity contribution in [3.05, 3.63) is 65.7 Å². The molecule has 2 rings (SSSR count). The fraction of sp³-hybridized carbons (Fsp3) is 0.417. The number of hydrogen-bond donors (Lipinski definition) is 2. The van der Waals surface area contributed by atoms with Gasteiger partial charge in [0.1, 0.15) is 11.4 Å². The second kappa shape index (κ2) is 13.2. The molecule has 2 N–H and O–H groups in total. The minimum atomic E-state index is -0.262. The van der Waals surface area contributed by atoms with Gasteiger partial charge in [-0.2, -0.15) is 0 Å². The lowest BCUT2D eigenvalue weighted by Gasteiger charge is -2.23. The van der Waals surface area contributed by atoms with E-state index in [0.717, 1.165) is 16.9 Å². The SMILES string of the molecule is CN=C(NCCC(=O)N(C)Cc1ccccc1)NCc1ccccc1OC(C)(C)C.I. The van der Waals surface area contributed by atoms with Crippen LogP contribution in [0.25, 0.3) is 0 Å². The van der Waals surface area contributed by atoms with Crippen molar-refractivity contribution >= 4 is 35.8 Å². The molecule has 0 aliphatic heterocycles. The molecule has 7 heteroatoms. The van der Waals surface area contributed by atoms with Crippen molar-refractivity contribution in [2.75, 3.05) is 20.6 Å². The van der Waals surface area contributed by atoms with Crippen molar-refractivity contribution in [2.45, 2.75) is 45.9 Å². The lowest BCUT2D eigenvalue weighted by Crippen LogP contribution is -2.39. The number of nitrogens with one attached hydrogen (secondary N) is 2. The van der Waals surface area contributed by atoms with Crippen LogP contribution in [0, 0.1) is 0 Å². The smallest absolute Gasteiger partial charge is 0.224 e. The summed E-state index contributed by atoms with van der Waals surface area (Å²) in [5.74, 6) is 1.59. The van der Waals surface area contributed by atoms with E-state index in [4.69, 9.17) is 4.74 Å². The van der Waals surface area contributed by atoms with Gasteiger partial charge in [0.15, 0.2) is 5.96 Å². The fourth-order valence-electron chi connectivity index (χ4n) is 2.90. The molecule has 0 aromatic heterocycles. The molecule has 0 unspecified atom stereocenters. The number of rotatable bonds is 8. The summed E-state index contributed by atoms with van der Waals surface area (Å²) in [7, 11) is 3.55. The Hall–Kier alpha value is -2.29. The topological polar surface area (TPSA) is 66.0 Å². The molecule has 0 bridgehead atoms. The van der Waals surface area contributed by atoms with Crippen LogP contribution < -0.4 is 15.4 Å². The average Bonchev–Trinajstić information content (AvgIpc) is 2.71. The number of carbonyl (C=O) groups excluding carboxylic acids is 1. The van der Waals surface area contributed by atoms with Gasteiger partial charge in [0, 0.05) is 45.7 Å². The Balaban J connectivity index is 0.00000480. The lowest BCUT2D eigenvalue weighted by molar-refractivity contribution is -0.130. The van der Waals surface area contributed by atoms with E-state index < -0.39 is 0 Å². The first-order valence-electron chi connectivity index (χ1n) is 10.3. The zero-order chi connectivity index (χ0) is 22.0. The molecule has 0 spiro atoms. The third-order valence-corrected chi connectivity index (χ3v) is 4.38. The summed E-state index contributed by atoms with van der Waals surface area (Å²) in [4.78, 5) is 18.4. The molecule has 0 aliphatic rings. The van der Waals surface area contributed by atoms with Crippen molar-refractivity contribution in [1.82, 2.24) is 15.5 Å². The molecule has 1 amide bonds. The van der Waals surface area contributed by atoms with Crippen LogP contribution in [0.2, 0.25) is 0 Å². The lowest BCUT2D eigenvalue weighted by atomic mass is 10.1. The number of guanidine groups is 1. The van der Waals surface area contributed by atoms with E-state index in [0.29, 0.717) is 32.0 Å². The zero-order valence-corrected chi connectivity index (χ0v) is 21.5. The van der Waals surface area contributed by atoms with Crippen LogP contribution in [0.15, 0.2) is 59.6 Å². The molecule has 6 nitrogen and oxygen atoms in total. The summed E-state index contributed by atoms with van der Waals surface area (Å²) in [6.45, 7) is 7.79. The summed E-state index contributed by atoms with van der Waals surface area (Å²) >= 11 is 0. The summed E-state index contributed by atoms with van der Waals surface area (Å²) in [5, 5.41) is 6.50. The Labute approximate surface area is 203 Å². The van der Waals surface area contributed by atoms with Crippen LogP contribution >= 0.6 is 24.0 Å². The molecular formula is C24H35IN4O2. The van der Waals surface area contributed by atoms with Gasteiger partial charge in [-0.05, 0) is 32.4 Å². The largest absolute Gasteiger partial charge is 0.488 e. The molecule has 2 aromatic rings. The summed E-state index contributed by atoms with van der Waals surface area (Å²) in [6.07, 6.45) is 0.397. The Morgan fingerprint density at radius 2 is 1.68 bits per heavy atom. The molecule has 0 fully saturated rings. The third kappa shape index (κ3) is 10.0. The van der Waals surface area contributed by atoms with Gasteiger partial charge in [0.25, 0.3) is 0 Å². The maximum atomic E-state index is 12.4. The number of ether oxygens (including phenoxy) is 1. The van der Waals surface area contributed by atoms with E-state index in [1.807, 2.05) is 82.4 Å². The van der Waals surface area contributed by atoms with Crippen LogP contribution in [0.1, 0.15) is 38.3 Å². The van der Waals surface area contributed by atoms with Gasteiger partial charge < -0.3 is 20.3 Å². The first kappa shape index (κ1) is 26.7. The minimum absolute atomic E-state index is 0. The molecule has 2 aromatic carbocycles. The van der Waals surface area contributed by atoms with Crippen LogP contribution in [0.3, 0.4) is 0 Å². The maximum Gasteiger partial charge on any atom is 0.224 e. The molecule has 0 aliphatic carbocycles. The highest BCUT2D eigenvalue weighted by Crippen LogP contribution is 2.22. The predicted octanol–water partition coefficient (Wildman–Crippen LogP) is 4.20. The Morgan fingerprint density at radius 1 is 1.03 bits per heavy atom. The van der Waals surface area contributed by atoms with Gasteiger partial charge in [-0.3, -0.25) is 9.79 Å². The fourth-order valence-corrected chi connectivity index (χ4v) is 2.90. The number of para-hydroxylation sites is 1. The number of hydrogen-bond acceptors (Lipinski definition) is 3. The van der Waals surface area contributed by atoms with Crippen molar-refractivity contribution in [1.29, 1.82) is 0 Å². The van der Waals surface area contributed by atoms with Gasteiger partial charge in [-0.15, -0.1) is 24.0 Å². The van der Waals surface area contributed by atoms with Crippen LogP contribution in [-0.2, 0) is 17.9 Å². The monoisotopic (exact) mass is 538 g/mol. The van der Waals surface area contributed by atoms with Crippen molar-refractivity contribution in [3.8, 4) is 5.75 Å². The quantitative estimate of drug-likeness (QED) is 0.301. The van der Waals surface area contributed by atoms with Gasteiger partial charge in [-0.25, -0.2) is 0 Å². The van der Waals surface area contributed by atoms with Gasteiger partial charge >= 0.3 is 0 Å². The number of carbonyl (C=O) groups is 1. The van der Waals surface area contributed by atoms with Crippen molar-refractivity contribution < 1.29 is 9.53 Å². The van der Waals surface area contributed by atoms with Crippen LogP contribution in [0.4, 0.5) is 0 Å². The number of halogens is 1. The summed E-state index contributed by atoms with van der Waals surface area (Å²) in [6, 6.07) is 17.9. The van der Waals surface area contributed by atoms with E-state index >= 15 is 0 Å². The highest BCUT2D eigenvalue weighted by atomic mass is 127. The Kier molecular flexibility index (Phi) is 11.4. The first-order chi connectivity index (χ1) is 14.3. The van der Waals surface area contributed by atoms with Gasteiger partial charge in [0.05, 0.1) is 0 Å². The van der Waals surface area contributed by atoms with E-state index in [9.17, 15) is 4.79 Å². The van der Waals surface area contributed by atoms with E-state index in [1.165, 1.54) is 0 Å². The molecule has 0 saturated carbocycles.